The van der Waals surface area contributed by atoms with E-state index in [4.69, 9.17) is 9.47 Å². The summed E-state index contributed by atoms with van der Waals surface area (Å²) in [5, 5.41) is 0. The van der Waals surface area contributed by atoms with E-state index in [0.29, 0.717) is 11.5 Å². The number of anilines is 2. The third-order valence-electron chi connectivity index (χ3n) is 8.01. The second-order valence-electron chi connectivity index (χ2n) is 11.0. The van der Waals surface area contributed by atoms with Gasteiger partial charge in [0.25, 0.3) is 0 Å². The topological polar surface area (TPSA) is 42.0 Å². The fourth-order valence-corrected chi connectivity index (χ4v) is 5.89. The number of fused-ring (bicyclic) bond motifs is 2. The van der Waals surface area contributed by atoms with Gasteiger partial charge in [0.15, 0.2) is 0 Å². The van der Waals surface area contributed by atoms with E-state index in [1.165, 1.54) is 36.9 Å². The molecule has 1 unspecified atom stereocenters. The zero-order chi connectivity index (χ0) is 26.8. The molecular formula is C33H40N2O3. The summed E-state index contributed by atoms with van der Waals surface area (Å²) in [5.41, 5.74) is 7.36. The number of ether oxygens (including phenoxy) is 2. The Morgan fingerprint density at radius 3 is 2.47 bits per heavy atom. The van der Waals surface area contributed by atoms with Gasteiger partial charge in [-0.15, -0.1) is 0 Å². The van der Waals surface area contributed by atoms with Crippen molar-refractivity contribution in [1.82, 2.24) is 0 Å². The number of carbonyl (C=O) groups excluding carboxylic acids is 1. The Balaban J connectivity index is 1.66. The number of carbonyl (C=O) groups is 1. The second kappa shape index (κ2) is 11.1. The zero-order valence-electron chi connectivity index (χ0n) is 23.4. The molecule has 1 atom stereocenters. The van der Waals surface area contributed by atoms with Crippen molar-refractivity contribution in [3.8, 4) is 11.5 Å². The quantitative estimate of drug-likeness (QED) is 0.228. The summed E-state index contributed by atoms with van der Waals surface area (Å²) < 4.78 is 11.8. The van der Waals surface area contributed by atoms with Crippen LogP contribution in [-0.4, -0.2) is 39.3 Å². The maximum absolute atomic E-state index is 12.9. The van der Waals surface area contributed by atoms with E-state index < -0.39 is 0 Å². The third kappa shape index (κ3) is 4.99. The van der Waals surface area contributed by atoms with Gasteiger partial charge >= 0.3 is 5.97 Å². The summed E-state index contributed by atoms with van der Waals surface area (Å²) in [6.07, 6.45) is 3.58. The Bertz CT molecular complexity index is 1310. The molecule has 0 aromatic heterocycles. The molecule has 5 rings (SSSR count). The normalized spacial score (nSPS) is 16.2. The van der Waals surface area contributed by atoms with E-state index in [1.807, 2.05) is 18.2 Å². The number of aryl methyl sites for hydroxylation is 1. The Morgan fingerprint density at radius 2 is 1.76 bits per heavy atom. The first kappa shape index (κ1) is 26.1. The summed E-state index contributed by atoms with van der Waals surface area (Å²) in [6, 6.07) is 18.9. The number of benzene rings is 3. The fraction of sp³-hybridized carbons (Fsp3) is 0.424. The molecule has 0 radical (unpaired) electrons. The van der Waals surface area contributed by atoms with Crippen molar-refractivity contribution in [2.75, 3.05) is 43.1 Å². The smallest absolute Gasteiger partial charge is 0.338 e. The molecule has 0 saturated carbocycles. The molecule has 0 bridgehead atoms. The lowest BCUT2D eigenvalue weighted by atomic mass is 9.80. The lowest BCUT2D eigenvalue weighted by Crippen LogP contribution is -2.25. The van der Waals surface area contributed by atoms with Crippen LogP contribution in [-0.2, 0) is 4.74 Å². The molecule has 200 valence electrons. The van der Waals surface area contributed by atoms with Gasteiger partial charge in [-0.2, -0.15) is 0 Å². The fourth-order valence-electron chi connectivity index (χ4n) is 5.89. The zero-order valence-corrected chi connectivity index (χ0v) is 23.4. The molecule has 5 nitrogen and oxygen atoms in total. The molecule has 5 heteroatoms. The lowest BCUT2D eigenvalue weighted by Gasteiger charge is -2.33. The van der Waals surface area contributed by atoms with Gasteiger partial charge in [0.05, 0.1) is 12.7 Å². The molecule has 2 heterocycles. The van der Waals surface area contributed by atoms with Crippen molar-refractivity contribution in [3.63, 3.8) is 0 Å². The second-order valence-corrected chi connectivity index (χ2v) is 11.0. The van der Waals surface area contributed by atoms with E-state index in [9.17, 15) is 4.79 Å². The molecule has 0 spiro atoms. The van der Waals surface area contributed by atoms with Gasteiger partial charge < -0.3 is 19.3 Å². The van der Waals surface area contributed by atoms with Crippen LogP contribution in [0, 0.1) is 12.8 Å². The molecule has 2 aliphatic rings. The van der Waals surface area contributed by atoms with Crippen LogP contribution in [0.15, 0.2) is 54.6 Å². The van der Waals surface area contributed by atoms with Crippen LogP contribution >= 0.6 is 0 Å². The van der Waals surface area contributed by atoms with E-state index in [2.05, 4.69) is 73.9 Å². The van der Waals surface area contributed by atoms with Gasteiger partial charge in [0, 0.05) is 60.7 Å². The average molecular weight is 513 g/mol. The Labute approximate surface area is 227 Å². The van der Waals surface area contributed by atoms with Crippen LogP contribution in [0.2, 0.25) is 0 Å². The van der Waals surface area contributed by atoms with Gasteiger partial charge in [0.1, 0.15) is 11.5 Å². The van der Waals surface area contributed by atoms with E-state index in [0.717, 1.165) is 60.8 Å². The van der Waals surface area contributed by atoms with Gasteiger partial charge in [-0.3, -0.25) is 0 Å². The first-order chi connectivity index (χ1) is 18.4. The van der Waals surface area contributed by atoms with Gasteiger partial charge in [-0.25, -0.2) is 4.79 Å². The van der Waals surface area contributed by atoms with E-state index in [-0.39, 0.29) is 11.9 Å². The monoisotopic (exact) mass is 512 g/mol. The largest absolute Gasteiger partial charge is 0.465 e. The average Bonchev–Trinajstić information content (AvgIpc) is 3.46. The lowest BCUT2D eigenvalue weighted by molar-refractivity contribution is 0.0599. The number of methoxy groups -OCH3 is 1. The minimum absolute atomic E-state index is 0.134. The van der Waals surface area contributed by atoms with Crippen molar-refractivity contribution in [2.45, 2.75) is 52.9 Å². The molecule has 3 aromatic rings. The van der Waals surface area contributed by atoms with Crippen LogP contribution in [0.5, 0.6) is 11.5 Å². The first-order valence-corrected chi connectivity index (χ1v) is 14.0. The highest BCUT2D eigenvalue weighted by Gasteiger charge is 2.33. The van der Waals surface area contributed by atoms with Gasteiger partial charge in [0.2, 0.25) is 0 Å². The summed E-state index contributed by atoms with van der Waals surface area (Å²) in [7, 11) is 1.45. The highest BCUT2D eigenvalue weighted by Crippen LogP contribution is 2.51. The van der Waals surface area contributed by atoms with Crippen molar-refractivity contribution in [1.29, 1.82) is 0 Å². The summed E-state index contributed by atoms with van der Waals surface area (Å²) in [6.45, 7) is 13.0. The predicted octanol–water partition coefficient (Wildman–Crippen LogP) is 7.54. The Kier molecular flexibility index (Phi) is 7.64. The molecule has 1 saturated heterocycles. The summed E-state index contributed by atoms with van der Waals surface area (Å²) >= 11 is 0. The van der Waals surface area contributed by atoms with Crippen molar-refractivity contribution in [3.05, 3.63) is 82.4 Å². The summed E-state index contributed by atoms with van der Waals surface area (Å²) in [5.74, 6) is 1.92. The maximum atomic E-state index is 12.9. The number of hydrogen-bond acceptors (Lipinski definition) is 5. The molecule has 0 amide bonds. The molecule has 38 heavy (non-hydrogen) atoms. The molecule has 1 fully saturated rings. The van der Waals surface area contributed by atoms with Crippen LogP contribution in [0.4, 0.5) is 11.4 Å². The van der Waals surface area contributed by atoms with Gasteiger partial charge in [-0.1, -0.05) is 38.1 Å². The maximum Gasteiger partial charge on any atom is 0.338 e. The number of esters is 1. The minimum Gasteiger partial charge on any atom is -0.465 e. The number of hydrogen-bond donors (Lipinski definition) is 0. The SMILES string of the molecule is CCN(CCC(C)C)c1ccc2c(c1)Oc1cc(C)c(N3CCCC3)cc1C2c1ccccc1C(=O)OC. The summed E-state index contributed by atoms with van der Waals surface area (Å²) in [4.78, 5) is 17.8. The van der Waals surface area contributed by atoms with Crippen LogP contribution in [0.3, 0.4) is 0 Å². The van der Waals surface area contributed by atoms with Crippen LogP contribution in [0.25, 0.3) is 0 Å². The minimum atomic E-state index is -0.315. The highest BCUT2D eigenvalue weighted by molar-refractivity contribution is 5.92. The van der Waals surface area contributed by atoms with E-state index >= 15 is 0 Å². The van der Waals surface area contributed by atoms with Crippen LogP contribution in [0.1, 0.15) is 78.6 Å². The molecule has 0 aliphatic carbocycles. The van der Waals surface area contributed by atoms with Gasteiger partial charge in [-0.05, 0) is 74.4 Å². The number of rotatable bonds is 8. The Morgan fingerprint density at radius 1 is 1.03 bits per heavy atom. The predicted molar refractivity (Wildman–Crippen MR) is 155 cm³/mol. The number of nitrogens with zero attached hydrogens (tertiary/aromatic N) is 2. The molecule has 0 N–H and O–H groups in total. The molecular weight excluding hydrogens is 472 g/mol. The molecule has 3 aromatic carbocycles. The van der Waals surface area contributed by atoms with Crippen molar-refractivity contribution in [2.24, 2.45) is 5.92 Å². The van der Waals surface area contributed by atoms with Crippen molar-refractivity contribution < 1.29 is 14.3 Å². The first-order valence-electron chi connectivity index (χ1n) is 14.0. The Hall–Kier alpha value is -3.47. The highest BCUT2D eigenvalue weighted by atomic mass is 16.5. The molecule has 2 aliphatic heterocycles. The third-order valence-corrected chi connectivity index (χ3v) is 8.01. The standard InChI is InChI=1S/C33H40N2O3/c1-6-34(18-15-22(2)3)24-13-14-27-31(20-24)38-30-19-23(4)29(35-16-9-10-17-35)21-28(30)32(27)25-11-7-8-12-26(25)33(36)37-5/h7-8,11-14,19-22,32H,6,9-10,15-18H2,1-5H3. The van der Waals surface area contributed by atoms with Crippen molar-refractivity contribution >= 4 is 17.3 Å². The van der Waals surface area contributed by atoms with Crippen LogP contribution < -0.4 is 14.5 Å². The van der Waals surface area contributed by atoms with E-state index in [1.54, 1.807) is 0 Å².